The predicted octanol–water partition coefficient (Wildman–Crippen LogP) is 16.8. The van der Waals surface area contributed by atoms with E-state index >= 15 is 0 Å². The topological polar surface area (TPSA) is 3.24 Å². The quantitative estimate of drug-likeness (QED) is 0.155. The third-order valence-electron chi connectivity index (χ3n) is 17.5. The lowest BCUT2D eigenvalue weighted by molar-refractivity contribution is -0.198. The van der Waals surface area contributed by atoms with E-state index in [1.165, 1.54) is 109 Å². The van der Waals surface area contributed by atoms with Crippen molar-refractivity contribution in [1.29, 1.82) is 0 Å². The molecule has 0 saturated heterocycles. The minimum atomic E-state index is -0.167. The highest BCUT2D eigenvalue weighted by Crippen LogP contribution is 2.86. The first kappa shape index (κ1) is 36.8. The summed E-state index contributed by atoms with van der Waals surface area (Å²) >= 11 is 0. The zero-order valence-electron chi connectivity index (χ0n) is 36.7. The smallest absolute Gasteiger partial charge is 0.0465 e. The molecular weight excluding hydrogens is 771 g/mol. The minimum Gasteiger partial charge on any atom is -0.310 e. The van der Waals surface area contributed by atoms with Gasteiger partial charge < -0.3 is 4.90 Å². The zero-order chi connectivity index (χ0) is 42.4. The normalized spacial score (nSPS) is 23.9. The van der Waals surface area contributed by atoms with Crippen LogP contribution in [0.25, 0.3) is 66.1 Å². The number of anilines is 3. The molecule has 0 aromatic heterocycles. The molecule has 0 amide bonds. The lowest BCUT2D eigenvalue weighted by atomic mass is 9.31. The van der Waals surface area contributed by atoms with E-state index in [1.54, 1.807) is 5.56 Å². The van der Waals surface area contributed by atoms with Crippen molar-refractivity contribution in [1.82, 2.24) is 0 Å². The van der Waals surface area contributed by atoms with E-state index < -0.39 is 0 Å². The van der Waals surface area contributed by atoms with Gasteiger partial charge in [-0.05, 0) is 180 Å². The number of nitrogens with zero attached hydrogens (tertiary/aromatic N) is 1. The summed E-state index contributed by atoms with van der Waals surface area (Å²) in [5.74, 6) is 3.01. The molecule has 5 aliphatic rings. The third kappa shape index (κ3) is 4.96. The molecule has 0 N–H and O–H groups in total. The molecule has 4 fully saturated rings. The number of hydrogen-bond acceptors (Lipinski definition) is 1. The molecule has 9 aromatic carbocycles. The molecule has 1 spiro atoms. The molecule has 0 radical (unpaired) electrons. The van der Waals surface area contributed by atoms with E-state index in [-0.39, 0.29) is 5.41 Å². The van der Waals surface area contributed by atoms with Crippen LogP contribution in [0, 0.1) is 23.2 Å². The van der Waals surface area contributed by atoms with Crippen LogP contribution in [0.2, 0.25) is 0 Å². The maximum Gasteiger partial charge on any atom is 0.0465 e. The van der Waals surface area contributed by atoms with Gasteiger partial charge in [-0.3, -0.25) is 0 Å². The monoisotopic (exact) mass is 821 g/mol. The molecular formula is C63H51N. The summed E-state index contributed by atoms with van der Waals surface area (Å²) in [6, 6.07) is 73.3. The van der Waals surface area contributed by atoms with Crippen molar-refractivity contribution < 1.29 is 0 Å². The molecule has 5 aliphatic carbocycles. The van der Waals surface area contributed by atoms with Gasteiger partial charge >= 0.3 is 0 Å². The third-order valence-corrected chi connectivity index (χ3v) is 17.5. The highest BCUT2D eigenvalue weighted by atomic mass is 15.1. The SMILES string of the molecule is CC1(C)c2cc(-c3ccc(C45CC6CC7CC(C4)C75C6)cc3)ccc2-c2ccc(N(c3ccc(-c4cccc5ccccc45)cc3)c3ccc(-c4cccc5ccccc45)cc3)cc21. The molecule has 5 atom stereocenters. The number of benzene rings is 9. The van der Waals surface area contributed by atoms with Gasteiger partial charge in [0.1, 0.15) is 0 Å². The Morgan fingerprint density at radius 3 is 1.55 bits per heavy atom. The molecule has 1 nitrogen and oxygen atoms in total. The molecule has 308 valence electrons. The van der Waals surface area contributed by atoms with Gasteiger partial charge in [-0.15, -0.1) is 0 Å². The second-order valence-corrected chi connectivity index (χ2v) is 20.6. The molecule has 2 bridgehead atoms. The highest BCUT2D eigenvalue weighted by Gasteiger charge is 2.80. The highest BCUT2D eigenvalue weighted by molar-refractivity contribution is 5.98. The Labute approximate surface area is 377 Å². The van der Waals surface area contributed by atoms with Crippen LogP contribution in [0.15, 0.2) is 194 Å². The summed E-state index contributed by atoms with van der Waals surface area (Å²) in [5.41, 5.74) is 19.1. The Bertz CT molecular complexity index is 3220. The molecule has 0 aliphatic heterocycles. The van der Waals surface area contributed by atoms with Crippen LogP contribution in [0.3, 0.4) is 0 Å². The van der Waals surface area contributed by atoms with Crippen molar-refractivity contribution in [3.63, 3.8) is 0 Å². The second kappa shape index (κ2) is 13.2. The average molecular weight is 822 g/mol. The van der Waals surface area contributed by atoms with Gasteiger partial charge in [0, 0.05) is 27.9 Å². The van der Waals surface area contributed by atoms with Gasteiger partial charge in [0.25, 0.3) is 0 Å². The summed E-state index contributed by atoms with van der Waals surface area (Å²) in [5, 5.41) is 5.07. The standard InChI is InChI=1S/C63H51N/c1-61(2)59-34-46(41-17-24-47(25-18-41)62-37-40-33-48-35-49(39-62)63(48,62)38-40)23-31-57(59)58-32-30-52(36-60(58)61)64(50-26-19-44(20-27-50)55-15-7-11-42-9-3-5-13-53(42)55)51-28-21-45(22-29-51)56-16-8-12-43-10-4-6-14-54(43)56/h3-32,34,36,40,48-49H,33,35,37-39H2,1-2H3. The fraction of sp³-hybridized carbons (Fsp3) is 0.206. The first-order valence-corrected chi connectivity index (χ1v) is 23.7. The predicted molar refractivity (Wildman–Crippen MR) is 268 cm³/mol. The van der Waals surface area contributed by atoms with Crippen LogP contribution in [0.1, 0.15) is 62.6 Å². The van der Waals surface area contributed by atoms with E-state index in [0.717, 1.165) is 34.8 Å². The van der Waals surface area contributed by atoms with Crippen molar-refractivity contribution >= 4 is 38.6 Å². The number of rotatable bonds is 7. The van der Waals surface area contributed by atoms with Crippen LogP contribution in [0.4, 0.5) is 17.1 Å². The van der Waals surface area contributed by atoms with Gasteiger partial charge in [0.2, 0.25) is 0 Å². The summed E-state index contributed by atoms with van der Waals surface area (Å²) in [4.78, 5) is 2.44. The minimum absolute atomic E-state index is 0.167. The first-order chi connectivity index (χ1) is 31.4. The van der Waals surface area contributed by atoms with Gasteiger partial charge in [0.05, 0.1) is 0 Å². The summed E-state index contributed by atoms with van der Waals surface area (Å²) < 4.78 is 0. The summed E-state index contributed by atoms with van der Waals surface area (Å²) in [7, 11) is 0. The van der Waals surface area contributed by atoms with E-state index in [0.29, 0.717) is 10.8 Å². The van der Waals surface area contributed by atoms with Gasteiger partial charge in [-0.25, -0.2) is 0 Å². The van der Waals surface area contributed by atoms with Crippen LogP contribution >= 0.6 is 0 Å². The maximum absolute atomic E-state index is 2.52. The Hall–Kier alpha value is -6.70. The molecule has 5 unspecified atom stereocenters. The lowest BCUT2D eigenvalue weighted by Gasteiger charge is -2.73. The molecule has 64 heavy (non-hydrogen) atoms. The zero-order valence-corrected chi connectivity index (χ0v) is 36.7. The van der Waals surface area contributed by atoms with Crippen molar-refractivity contribution in [2.75, 3.05) is 4.90 Å². The van der Waals surface area contributed by atoms with Crippen molar-refractivity contribution in [2.45, 2.75) is 56.8 Å². The van der Waals surface area contributed by atoms with Crippen LogP contribution < -0.4 is 4.90 Å². The van der Waals surface area contributed by atoms with Crippen LogP contribution in [-0.2, 0) is 10.8 Å². The van der Waals surface area contributed by atoms with E-state index in [2.05, 4.69) is 213 Å². The Balaban J connectivity index is 0.824. The van der Waals surface area contributed by atoms with Gasteiger partial charge in [-0.1, -0.05) is 166 Å². The Morgan fingerprint density at radius 1 is 0.406 bits per heavy atom. The van der Waals surface area contributed by atoms with Crippen molar-refractivity contribution in [3.05, 3.63) is 211 Å². The Kier molecular flexibility index (Phi) is 7.57. The molecule has 9 aromatic rings. The Morgan fingerprint density at radius 2 is 0.938 bits per heavy atom. The van der Waals surface area contributed by atoms with Crippen molar-refractivity contribution in [2.24, 2.45) is 23.2 Å². The number of hydrogen-bond donors (Lipinski definition) is 0. The fourth-order valence-corrected chi connectivity index (χ4v) is 14.7. The summed E-state index contributed by atoms with van der Waals surface area (Å²) in [6.45, 7) is 4.85. The second-order valence-electron chi connectivity index (χ2n) is 20.6. The number of fused-ring (bicyclic) bond motifs is 6. The fourth-order valence-electron chi connectivity index (χ4n) is 14.7. The van der Waals surface area contributed by atoms with E-state index in [4.69, 9.17) is 0 Å². The summed E-state index contributed by atoms with van der Waals surface area (Å²) in [6.07, 6.45) is 7.43. The van der Waals surface area contributed by atoms with Crippen LogP contribution in [0.5, 0.6) is 0 Å². The first-order valence-electron chi connectivity index (χ1n) is 23.7. The van der Waals surface area contributed by atoms with E-state index in [9.17, 15) is 0 Å². The van der Waals surface area contributed by atoms with Gasteiger partial charge in [-0.2, -0.15) is 0 Å². The maximum atomic E-state index is 2.52. The molecule has 4 saturated carbocycles. The molecule has 0 heterocycles. The van der Waals surface area contributed by atoms with Gasteiger partial charge in [0.15, 0.2) is 0 Å². The van der Waals surface area contributed by atoms with E-state index in [1.807, 2.05) is 0 Å². The molecule has 14 rings (SSSR count). The molecule has 1 heteroatoms. The largest absolute Gasteiger partial charge is 0.310 e. The average Bonchev–Trinajstić information content (AvgIpc) is 3.93. The lowest BCUT2D eigenvalue weighted by Crippen LogP contribution is -2.68. The van der Waals surface area contributed by atoms with Crippen LogP contribution in [-0.4, -0.2) is 0 Å². The van der Waals surface area contributed by atoms with Crippen molar-refractivity contribution in [3.8, 4) is 44.5 Å².